The maximum atomic E-state index is 14.5. The summed E-state index contributed by atoms with van der Waals surface area (Å²) in [5, 5.41) is 3.10. The minimum absolute atomic E-state index is 0.106. The Morgan fingerprint density at radius 2 is 1.84 bits per heavy atom. The minimum atomic E-state index is -3.45. The summed E-state index contributed by atoms with van der Waals surface area (Å²) in [6.07, 6.45) is 3.50. The predicted molar refractivity (Wildman–Crippen MR) is 120 cm³/mol. The second kappa shape index (κ2) is 8.47. The van der Waals surface area contributed by atoms with Gasteiger partial charge in [-0.3, -0.25) is 4.18 Å². The van der Waals surface area contributed by atoms with Gasteiger partial charge >= 0.3 is 0 Å². The summed E-state index contributed by atoms with van der Waals surface area (Å²) in [6, 6.07) is 7.63. The maximum Gasteiger partial charge on any atom is 0.264 e. The summed E-state index contributed by atoms with van der Waals surface area (Å²) in [6.45, 7) is 6.90. The highest BCUT2D eigenvalue weighted by Gasteiger charge is 2.30. The molecular weight excluding hydrogens is 435 g/mol. The lowest BCUT2D eigenvalue weighted by atomic mass is 10.1. The topological polar surface area (TPSA) is 102 Å². The van der Waals surface area contributed by atoms with Crippen LogP contribution >= 0.6 is 0 Å². The maximum absolute atomic E-state index is 14.5. The number of hydrogen-bond acceptors (Lipinski definition) is 8. The van der Waals surface area contributed by atoms with Crippen LogP contribution in [0.5, 0.6) is 0 Å². The van der Waals surface area contributed by atoms with Gasteiger partial charge in [0.1, 0.15) is 17.6 Å². The van der Waals surface area contributed by atoms with Gasteiger partial charge < -0.3 is 14.8 Å². The van der Waals surface area contributed by atoms with Crippen LogP contribution in [-0.4, -0.2) is 53.4 Å². The molecule has 1 aliphatic heterocycles. The van der Waals surface area contributed by atoms with Crippen molar-refractivity contribution < 1.29 is 17.0 Å². The highest BCUT2D eigenvalue weighted by Crippen LogP contribution is 2.28. The summed E-state index contributed by atoms with van der Waals surface area (Å²) in [5.74, 6) is 0.540. The van der Waals surface area contributed by atoms with Crippen LogP contribution < -0.4 is 10.2 Å². The quantitative estimate of drug-likeness (QED) is 0.536. The van der Waals surface area contributed by atoms with Crippen molar-refractivity contribution >= 4 is 27.4 Å². The molecule has 9 nitrogen and oxygen atoms in total. The Hall–Kier alpha value is -3.05. The lowest BCUT2D eigenvalue weighted by Crippen LogP contribution is -2.52. The molecule has 0 radical (unpaired) electrons. The zero-order valence-electron chi connectivity index (χ0n) is 18.3. The molecule has 1 aliphatic rings. The Bertz CT molecular complexity index is 1220. The Labute approximate surface area is 186 Å². The first-order valence-electron chi connectivity index (χ1n) is 10.2. The van der Waals surface area contributed by atoms with Gasteiger partial charge in [0.25, 0.3) is 10.1 Å². The fourth-order valence-corrected chi connectivity index (χ4v) is 4.35. The molecular formula is C21H25FN6O3S. The number of imidazole rings is 1. The molecule has 170 valence electrons. The smallest absolute Gasteiger partial charge is 0.264 e. The van der Waals surface area contributed by atoms with Crippen molar-refractivity contribution in [1.29, 1.82) is 0 Å². The molecule has 11 heteroatoms. The average Bonchev–Trinajstić information content (AvgIpc) is 3.07. The van der Waals surface area contributed by atoms with Gasteiger partial charge in [-0.25, -0.2) is 19.3 Å². The molecule has 4 rings (SSSR count). The van der Waals surface area contributed by atoms with Crippen molar-refractivity contribution in [3.63, 3.8) is 0 Å². The number of aromatic nitrogens is 4. The molecule has 0 aliphatic carbocycles. The zero-order chi connectivity index (χ0) is 23.0. The summed E-state index contributed by atoms with van der Waals surface area (Å²) in [7, 11) is -3.45. The van der Waals surface area contributed by atoms with Crippen LogP contribution in [0, 0.1) is 12.7 Å². The van der Waals surface area contributed by atoms with Crippen molar-refractivity contribution in [2.45, 2.75) is 32.9 Å². The van der Waals surface area contributed by atoms with Crippen molar-refractivity contribution in [2.24, 2.45) is 0 Å². The minimum Gasteiger partial charge on any atom is -0.366 e. The van der Waals surface area contributed by atoms with E-state index in [4.69, 9.17) is 4.18 Å². The van der Waals surface area contributed by atoms with Gasteiger partial charge in [-0.2, -0.15) is 8.42 Å². The third-order valence-corrected chi connectivity index (χ3v) is 5.75. The van der Waals surface area contributed by atoms with Crippen LogP contribution in [0.15, 0.2) is 36.7 Å². The Balaban J connectivity index is 1.47. The Morgan fingerprint density at radius 3 is 2.47 bits per heavy atom. The van der Waals surface area contributed by atoms with E-state index in [1.165, 1.54) is 0 Å². The van der Waals surface area contributed by atoms with Gasteiger partial charge in [0.2, 0.25) is 5.95 Å². The lowest BCUT2D eigenvalue weighted by Gasteiger charge is -2.39. The van der Waals surface area contributed by atoms with E-state index in [0.717, 1.165) is 29.7 Å². The van der Waals surface area contributed by atoms with Crippen LogP contribution in [-0.2, 0) is 14.3 Å². The van der Waals surface area contributed by atoms with E-state index in [1.807, 2.05) is 54.5 Å². The van der Waals surface area contributed by atoms with E-state index in [1.54, 1.807) is 6.20 Å². The molecule has 2 aromatic heterocycles. The fraction of sp³-hybridized carbons (Fsp3) is 0.381. The van der Waals surface area contributed by atoms with Gasteiger partial charge in [-0.15, -0.1) is 0 Å². The molecule has 0 bridgehead atoms. The van der Waals surface area contributed by atoms with Crippen molar-refractivity contribution in [2.75, 3.05) is 29.6 Å². The van der Waals surface area contributed by atoms with E-state index >= 15 is 0 Å². The number of halogens is 1. The highest BCUT2D eigenvalue weighted by molar-refractivity contribution is 7.86. The number of aryl methyl sites for hydroxylation is 1. The number of nitrogens with one attached hydrogen (secondary N) is 1. The van der Waals surface area contributed by atoms with Crippen LogP contribution in [0.3, 0.4) is 0 Å². The number of nitrogens with zero attached hydrogens (tertiary/aromatic N) is 5. The Morgan fingerprint density at radius 1 is 1.16 bits per heavy atom. The highest BCUT2D eigenvalue weighted by atomic mass is 32.2. The van der Waals surface area contributed by atoms with Crippen LogP contribution in [0.4, 0.5) is 21.7 Å². The van der Waals surface area contributed by atoms with Crippen molar-refractivity contribution in [3.05, 3.63) is 48.3 Å². The van der Waals surface area contributed by atoms with Crippen LogP contribution in [0.2, 0.25) is 0 Å². The van der Waals surface area contributed by atoms with Gasteiger partial charge in [0, 0.05) is 30.5 Å². The van der Waals surface area contributed by atoms with Gasteiger partial charge in [-0.05, 0) is 45.0 Å². The molecule has 3 heterocycles. The molecule has 0 spiro atoms. The standard InChI is InChI=1S/C21H25FN6O3S/c1-13(2)28-14(3)23-10-19(28)20-18(22)9-24-21(26-20)25-15-5-7-16(8-6-15)27-11-17(12-27)31-32(4,29)30/h5-10,13,17H,11-12H2,1-4H3,(H,24,25,26). The molecule has 1 N–H and O–H groups in total. The van der Waals surface area contributed by atoms with E-state index in [2.05, 4.69) is 20.3 Å². The summed E-state index contributed by atoms with van der Waals surface area (Å²) in [4.78, 5) is 14.8. The normalized spacial score (nSPS) is 14.6. The molecule has 1 aromatic carbocycles. The third kappa shape index (κ3) is 4.73. The molecule has 1 fully saturated rings. The molecule has 0 unspecified atom stereocenters. The molecule has 0 saturated carbocycles. The van der Waals surface area contributed by atoms with Gasteiger partial charge in [-0.1, -0.05) is 0 Å². The van der Waals surface area contributed by atoms with E-state index < -0.39 is 15.9 Å². The van der Waals surface area contributed by atoms with E-state index in [-0.39, 0.29) is 23.8 Å². The lowest BCUT2D eigenvalue weighted by molar-refractivity contribution is 0.177. The van der Waals surface area contributed by atoms with Crippen molar-refractivity contribution in [3.8, 4) is 11.4 Å². The third-order valence-electron chi connectivity index (χ3n) is 5.13. The fourth-order valence-electron chi connectivity index (χ4n) is 3.73. The first kappa shape index (κ1) is 22.2. The summed E-state index contributed by atoms with van der Waals surface area (Å²) in [5.41, 5.74) is 2.47. The number of anilines is 3. The summed E-state index contributed by atoms with van der Waals surface area (Å²) >= 11 is 0. The van der Waals surface area contributed by atoms with E-state index in [9.17, 15) is 12.8 Å². The molecule has 32 heavy (non-hydrogen) atoms. The monoisotopic (exact) mass is 460 g/mol. The summed E-state index contributed by atoms with van der Waals surface area (Å²) < 4.78 is 43.8. The zero-order valence-corrected chi connectivity index (χ0v) is 19.1. The van der Waals surface area contributed by atoms with Gasteiger partial charge in [0.15, 0.2) is 5.82 Å². The largest absolute Gasteiger partial charge is 0.366 e. The number of rotatable bonds is 7. The predicted octanol–water partition coefficient (Wildman–Crippen LogP) is 3.28. The van der Waals surface area contributed by atoms with Crippen LogP contribution in [0.25, 0.3) is 11.4 Å². The van der Waals surface area contributed by atoms with E-state index in [0.29, 0.717) is 18.8 Å². The van der Waals surface area contributed by atoms with Crippen LogP contribution in [0.1, 0.15) is 25.7 Å². The van der Waals surface area contributed by atoms with Gasteiger partial charge in [0.05, 0.1) is 24.3 Å². The molecule has 1 saturated heterocycles. The second-order valence-corrected chi connectivity index (χ2v) is 9.64. The Kier molecular flexibility index (Phi) is 5.87. The average molecular weight is 461 g/mol. The SMILES string of the molecule is Cc1ncc(-c2nc(Nc3ccc(N4CC(OS(C)(=O)=O)C4)cc3)ncc2F)n1C(C)C. The number of benzene rings is 1. The molecule has 0 atom stereocenters. The van der Waals surface area contributed by atoms with Crippen molar-refractivity contribution in [1.82, 2.24) is 19.5 Å². The first-order valence-corrected chi connectivity index (χ1v) is 12.0. The number of hydrogen-bond donors (Lipinski definition) is 1. The molecule has 0 amide bonds. The first-order chi connectivity index (χ1) is 15.1. The molecule has 3 aromatic rings. The second-order valence-electron chi connectivity index (χ2n) is 8.04.